The Hall–Kier alpha value is -0.970. The summed E-state index contributed by atoms with van der Waals surface area (Å²) < 4.78 is 23.7. The van der Waals surface area contributed by atoms with Crippen molar-refractivity contribution in [3.63, 3.8) is 0 Å². The van der Waals surface area contributed by atoms with E-state index in [0.29, 0.717) is 19.6 Å². The Morgan fingerprint density at radius 3 is 2.73 bits per heavy atom. The van der Waals surface area contributed by atoms with Gasteiger partial charge in [-0.25, -0.2) is 4.39 Å². The molecule has 1 aliphatic heterocycles. The highest BCUT2D eigenvalue weighted by Crippen LogP contribution is 2.27. The molecular weight excluding hydrogens is 197 g/mol. The fraction of sp³-hybridized carbons (Fsp3) is 0.455. The third-order valence-electron chi connectivity index (χ3n) is 2.39. The lowest BCUT2D eigenvalue weighted by Gasteiger charge is -2.10. The molecule has 2 unspecified atom stereocenters. The molecule has 1 fully saturated rings. The second-order valence-corrected chi connectivity index (χ2v) is 3.52. The molecule has 0 aromatic heterocycles. The highest BCUT2D eigenvalue weighted by molar-refractivity contribution is 5.19. The summed E-state index contributed by atoms with van der Waals surface area (Å²) in [5.41, 5.74) is 6.34. The normalized spacial score (nSPS) is 25.7. The van der Waals surface area contributed by atoms with Crippen LogP contribution in [0.15, 0.2) is 24.3 Å². The number of ether oxygens (including phenoxy) is 2. The standard InChI is InChI=1S/C11H14FNO2/c12-9-3-1-8(2-4-9)10-7-14-11(15-10)5-6-13/h1-4,10-11H,5-7,13H2. The molecule has 0 aliphatic carbocycles. The summed E-state index contributed by atoms with van der Waals surface area (Å²) in [5.74, 6) is -0.240. The second kappa shape index (κ2) is 4.70. The fourth-order valence-corrected chi connectivity index (χ4v) is 1.60. The molecule has 2 N–H and O–H groups in total. The first kappa shape index (κ1) is 10.5. The largest absolute Gasteiger partial charge is 0.350 e. The number of rotatable bonds is 3. The van der Waals surface area contributed by atoms with Gasteiger partial charge in [-0.05, 0) is 24.2 Å². The molecule has 3 nitrogen and oxygen atoms in total. The lowest BCUT2D eigenvalue weighted by atomic mass is 10.1. The van der Waals surface area contributed by atoms with E-state index in [1.807, 2.05) is 0 Å². The fourth-order valence-electron chi connectivity index (χ4n) is 1.60. The zero-order valence-electron chi connectivity index (χ0n) is 8.36. The average Bonchev–Trinajstić information content (AvgIpc) is 2.68. The molecule has 1 saturated heterocycles. The first-order valence-corrected chi connectivity index (χ1v) is 5.02. The van der Waals surface area contributed by atoms with Gasteiger partial charge in [-0.2, -0.15) is 0 Å². The Morgan fingerprint density at radius 2 is 2.07 bits per heavy atom. The molecule has 1 aliphatic rings. The van der Waals surface area contributed by atoms with E-state index in [-0.39, 0.29) is 18.2 Å². The van der Waals surface area contributed by atoms with Crippen molar-refractivity contribution in [2.75, 3.05) is 13.2 Å². The maximum atomic E-state index is 12.7. The van der Waals surface area contributed by atoms with E-state index in [1.54, 1.807) is 12.1 Å². The minimum atomic E-state index is -0.240. The van der Waals surface area contributed by atoms with Crippen molar-refractivity contribution in [3.05, 3.63) is 35.6 Å². The van der Waals surface area contributed by atoms with Crippen LogP contribution >= 0.6 is 0 Å². The minimum Gasteiger partial charge on any atom is -0.350 e. The van der Waals surface area contributed by atoms with Crippen LogP contribution in [0.4, 0.5) is 4.39 Å². The lowest BCUT2D eigenvalue weighted by molar-refractivity contribution is -0.0606. The molecule has 1 heterocycles. The zero-order chi connectivity index (χ0) is 10.7. The van der Waals surface area contributed by atoms with Gasteiger partial charge in [0.15, 0.2) is 6.29 Å². The molecule has 82 valence electrons. The van der Waals surface area contributed by atoms with Gasteiger partial charge in [-0.15, -0.1) is 0 Å². The Balaban J connectivity index is 1.98. The van der Waals surface area contributed by atoms with Crippen LogP contribution in [0.25, 0.3) is 0 Å². The summed E-state index contributed by atoms with van der Waals surface area (Å²) in [6.45, 7) is 1.05. The quantitative estimate of drug-likeness (QED) is 0.825. The van der Waals surface area contributed by atoms with Crippen LogP contribution in [-0.2, 0) is 9.47 Å². The molecule has 0 radical (unpaired) electrons. The number of hydrogen-bond acceptors (Lipinski definition) is 3. The Morgan fingerprint density at radius 1 is 1.33 bits per heavy atom. The van der Waals surface area contributed by atoms with Gasteiger partial charge in [0, 0.05) is 6.42 Å². The van der Waals surface area contributed by atoms with Crippen LogP contribution in [-0.4, -0.2) is 19.4 Å². The van der Waals surface area contributed by atoms with E-state index >= 15 is 0 Å². The van der Waals surface area contributed by atoms with Gasteiger partial charge in [0.2, 0.25) is 0 Å². The smallest absolute Gasteiger partial charge is 0.159 e. The highest BCUT2D eigenvalue weighted by Gasteiger charge is 2.26. The summed E-state index contributed by atoms with van der Waals surface area (Å²) in [4.78, 5) is 0. The van der Waals surface area contributed by atoms with Gasteiger partial charge in [0.25, 0.3) is 0 Å². The molecule has 4 heteroatoms. The van der Waals surface area contributed by atoms with Crippen LogP contribution in [0.3, 0.4) is 0 Å². The third kappa shape index (κ3) is 2.53. The molecular formula is C11H14FNO2. The first-order valence-electron chi connectivity index (χ1n) is 5.02. The summed E-state index contributed by atoms with van der Waals surface area (Å²) in [5, 5.41) is 0. The summed E-state index contributed by atoms with van der Waals surface area (Å²) in [7, 11) is 0. The van der Waals surface area contributed by atoms with Crippen molar-refractivity contribution in [1.82, 2.24) is 0 Å². The van der Waals surface area contributed by atoms with Crippen LogP contribution in [0.5, 0.6) is 0 Å². The van der Waals surface area contributed by atoms with Crippen molar-refractivity contribution in [2.45, 2.75) is 18.8 Å². The second-order valence-electron chi connectivity index (χ2n) is 3.52. The number of hydrogen-bond donors (Lipinski definition) is 1. The van der Waals surface area contributed by atoms with Crippen molar-refractivity contribution < 1.29 is 13.9 Å². The summed E-state index contributed by atoms with van der Waals surface area (Å²) in [6, 6.07) is 6.28. The van der Waals surface area contributed by atoms with E-state index in [0.717, 1.165) is 5.56 Å². The minimum absolute atomic E-state index is 0.0952. The van der Waals surface area contributed by atoms with Crippen LogP contribution in [0.1, 0.15) is 18.1 Å². The van der Waals surface area contributed by atoms with Crippen LogP contribution < -0.4 is 5.73 Å². The SMILES string of the molecule is NCCC1OCC(c2ccc(F)cc2)O1. The van der Waals surface area contributed by atoms with Crippen molar-refractivity contribution in [3.8, 4) is 0 Å². The maximum absolute atomic E-state index is 12.7. The molecule has 2 rings (SSSR count). The highest BCUT2D eigenvalue weighted by atomic mass is 19.1. The van der Waals surface area contributed by atoms with Gasteiger partial charge in [0.1, 0.15) is 11.9 Å². The summed E-state index contributed by atoms with van der Waals surface area (Å²) in [6.07, 6.45) is 0.379. The number of halogens is 1. The molecule has 2 atom stereocenters. The van der Waals surface area contributed by atoms with Gasteiger partial charge in [-0.1, -0.05) is 12.1 Å². The van der Waals surface area contributed by atoms with E-state index in [4.69, 9.17) is 15.2 Å². The maximum Gasteiger partial charge on any atom is 0.159 e. The molecule has 0 spiro atoms. The Labute approximate surface area is 88.0 Å². The van der Waals surface area contributed by atoms with E-state index < -0.39 is 0 Å². The monoisotopic (exact) mass is 211 g/mol. The van der Waals surface area contributed by atoms with E-state index in [1.165, 1.54) is 12.1 Å². The average molecular weight is 211 g/mol. The molecule has 15 heavy (non-hydrogen) atoms. The first-order chi connectivity index (χ1) is 7.29. The van der Waals surface area contributed by atoms with Crippen molar-refractivity contribution >= 4 is 0 Å². The topological polar surface area (TPSA) is 44.5 Å². The molecule has 1 aromatic carbocycles. The zero-order valence-corrected chi connectivity index (χ0v) is 8.36. The summed E-state index contributed by atoms with van der Waals surface area (Å²) >= 11 is 0. The molecule has 0 amide bonds. The van der Waals surface area contributed by atoms with Crippen molar-refractivity contribution in [2.24, 2.45) is 5.73 Å². The lowest BCUT2D eigenvalue weighted by Crippen LogP contribution is -2.14. The van der Waals surface area contributed by atoms with E-state index in [9.17, 15) is 4.39 Å². The molecule has 0 bridgehead atoms. The third-order valence-corrected chi connectivity index (χ3v) is 2.39. The molecule has 0 saturated carbocycles. The van der Waals surface area contributed by atoms with Gasteiger partial charge in [-0.3, -0.25) is 0 Å². The predicted molar refractivity (Wildman–Crippen MR) is 53.6 cm³/mol. The van der Waals surface area contributed by atoms with Gasteiger partial charge >= 0.3 is 0 Å². The molecule has 1 aromatic rings. The van der Waals surface area contributed by atoms with E-state index in [2.05, 4.69) is 0 Å². The number of benzene rings is 1. The number of nitrogens with two attached hydrogens (primary N) is 1. The Kier molecular flexibility index (Phi) is 3.30. The van der Waals surface area contributed by atoms with Gasteiger partial charge < -0.3 is 15.2 Å². The van der Waals surface area contributed by atoms with Crippen molar-refractivity contribution in [1.29, 1.82) is 0 Å². The van der Waals surface area contributed by atoms with Crippen LogP contribution in [0.2, 0.25) is 0 Å². The predicted octanol–water partition coefficient (Wildman–Crippen LogP) is 1.59. The Bertz CT molecular complexity index is 315. The van der Waals surface area contributed by atoms with Crippen LogP contribution in [0, 0.1) is 5.82 Å². The van der Waals surface area contributed by atoms with Gasteiger partial charge in [0.05, 0.1) is 6.61 Å².